The number of hydrogen-bond acceptors (Lipinski definition) is 3. The van der Waals surface area contributed by atoms with Gasteiger partial charge in [-0.2, -0.15) is 0 Å². The molecule has 0 aliphatic carbocycles. The number of morpholine rings is 1. The zero-order chi connectivity index (χ0) is 18.7. The van der Waals surface area contributed by atoms with Crippen LogP contribution in [0.15, 0.2) is 42.5 Å². The lowest BCUT2D eigenvalue weighted by Gasteiger charge is -2.33. The summed E-state index contributed by atoms with van der Waals surface area (Å²) in [6.07, 6.45) is -0.278. The minimum atomic E-state index is -0.278. The summed E-state index contributed by atoms with van der Waals surface area (Å²) in [4.78, 5) is 26.3. The minimum absolute atomic E-state index is 0.000377. The average molecular weight is 373 g/mol. The predicted molar refractivity (Wildman–Crippen MR) is 102 cm³/mol. The number of carbonyl (C=O) groups is 2. The molecule has 1 fully saturated rings. The van der Waals surface area contributed by atoms with Crippen LogP contribution in [0.5, 0.6) is 0 Å². The molecule has 1 unspecified atom stereocenters. The van der Waals surface area contributed by atoms with Crippen molar-refractivity contribution in [2.24, 2.45) is 0 Å². The van der Waals surface area contributed by atoms with Gasteiger partial charge in [0.15, 0.2) is 0 Å². The van der Waals surface area contributed by atoms with Gasteiger partial charge in [-0.25, -0.2) is 0 Å². The van der Waals surface area contributed by atoms with Crippen LogP contribution in [0.25, 0.3) is 0 Å². The fraction of sp³-hybridized carbons (Fsp3) is 0.300. The number of halogens is 1. The Morgan fingerprint density at radius 1 is 1.23 bits per heavy atom. The second kappa shape index (κ2) is 7.89. The minimum Gasteiger partial charge on any atom is -0.365 e. The van der Waals surface area contributed by atoms with Crippen molar-refractivity contribution in [2.45, 2.75) is 20.0 Å². The van der Waals surface area contributed by atoms with Crippen LogP contribution in [0.1, 0.15) is 21.5 Å². The molecule has 6 heteroatoms. The van der Waals surface area contributed by atoms with Crippen LogP contribution in [0.4, 0.5) is 5.69 Å². The number of anilines is 1. The molecule has 0 bridgehead atoms. The van der Waals surface area contributed by atoms with Gasteiger partial charge in [0.1, 0.15) is 6.61 Å². The Morgan fingerprint density at radius 3 is 2.62 bits per heavy atom. The summed E-state index contributed by atoms with van der Waals surface area (Å²) in [5.74, 6) is -0.335. The van der Waals surface area contributed by atoms with Gasteiger partial charge in [0.2, 0.25) is 0 Å². The SMILES string of the molecule is Cc1cc(C)cc(N2CC(CNC(=O)c3ccccc3Cl)OCC2=O)c1. The van der Waals surface area contributed by atoms with E-state index in [0.717, 1.165) is 16.8 Å². The van der Waals surface area contributed by atoms with E-state index in [2.05, 4.69) is 11.4 Å². The van der Waals surface area contributed by atoms with E-state index in [9.17, 15) is 9.59 Å². The molecule has 1 atom stereocenters. The monoisotopic (exact) mass is 372 g/mol. The number of benzene rings is 2. The van der Waals surface area contributed by atoms with Crippen molar-refractivity contribution in [3.63, 3.8) is 0 Å². The molecule has 3 rings (SSSR count). The summed E-state index contributed by atoms with van der Waals surface area (Å²) in [5.41, 5.74) is 3.48. The molecule has 1 saturated heterocycles. The smallest absolute Gasteiger partial charge is 0.253 e. The number of hydrogen-bond donors (Lipinski definition) is 1. The molecule has 0 radical (unpaired) electrons. The van der Waals surface area contributed by atoms with E-state index in [1.807, 2.05) is 26.0 Å². The van der Waals surface area contributed by atoms with Gasteiger partial charge in [-0.3, -0.25) is 9.59 Å². The zero-order valence-corrected chi connectivity index (χ0v) is 15.5. The molecule has 1 N–H and O–H groups in total. The van der Waals surface area contributed by atoms with Gasteiger partial charge in [-0.15, -0.1) is 0 Å². The standard InChI is InChI=1S/C20H21ClN2O3/c1-13-7-14(2)9-15(8-13)23-11-16(26-12-19(23)24)10-22-20(25)17-5-3-4-6-18(17)21/h3-9,16H,10-12H2,1-2H3,(H,22,25). The van der Waals surface area contributed by atoms with Gasteiger partial charge >= 0.3 is 0 Å². The highest BCUT2D eigenvalue weighted by molar-refractivity contribution is 6.33. The van der Waals surface area contributed by atoms with Gasteiger partial charge in [0, 0.05) is 12.2 Å². The second-order valence-corrected chi connectivity index (χ2v) is 6.88. The third kappa shape index (κ3) is 4.23. The van der Waals surface area contributed by atoms with Crippen LogP contribution in [0.2, 0.25) is 5.02 Å². The molecule has 26 heavy (non-hydrogen) atoms. The molecule has 0 spiro atoms. The summed E-state index contributed by atoms with van der Waals surface area (Å²) < 4.78 is 5.58. The first-order chi connectivity index (χ1) is 12.4. The maximum atomic E-state index is 12.3. The highest BCUT2D eigenvalue weighted by Gasteiger charge is 2.28. The zero-order valence-electron chi connectivity index (χ0n) is 14.8. The Bertz CT molecular complexity index is 817. The number of carbonyl (C=O) groups excluding carboxylic acids is 2. The molecule has 1 aliphatic heterocycles. The van der Waals surface area contributed by atoms with Crippen molar-refractivity contribution in [3.8, 4) is 0 Å². The van der Waals surface area contributed by atoms with Crippen LogP contribution >= 0.6 is 11.6 Å². The van der Waals surface area contributed by atoms with E-state index >= 15 is 0 Å². The summed E-state index contributed by atoms with van der Waals surface area (Å²) in [7, 11) is 0. The fourth-order valence-corrected chi connectivity index (χ4v) is 3.27. The number of nitrogens with one attached hydrogen (secondary N) is 1. The Labute approximate surface area is 157 Å². The van der Waals surface area contributed by atoms with Crippen LogP contribution < -0.4 is 10.2 Å². The summed E-state index contributed by atoms with van der Waals surface area (Å²) >= 11 is 6.05. The van der Waals surface area contributed by atoms with Gasteiger partial charge < -0.3 is 15.0 Å². The lowest BCUT2D eigenvalue weighted by molar-refractivity contribution is -0.129. The van der Waals surface area contributed by atoms with Gasteiger partial charge in [-0.1, -0.05) is 29.8 Å². The number of aryl methyl sites for hydroxylation is 2. The topological polar surface area (TPSA) is 58.6 Å². The molecule has 0 saturated carbocycles. The van der Waals surface area contributed by atoms with Gasteiger partial charge in [-0.05, 0) is 49.2 Å². The lowest BCUT2D eigenvalue weighted by Crippen LogP contribution is -2.50. The number of ether oxygens (including phenoxy) is 1. The lowest BCUT2D eigenvalue weighted by atomic mass is 10.1. The maximum Gasteiger partial charge on any atom is 0.253 e. The third-order valence-electron chi connectivity index (χ3n) is 4.26. The van der Waals surface area contributed by atoms with E-state index in [-0.39, 0.29) is 24.5 Å². The van der Waals surface area contributed by atoms with Crippen molar-refractivity contribution in [1.82, 2.24) is 5.32 Å². The Hall–Kier alpha value is -2.37. The van der Waals surface area contributed by atoms with Crippen LogP contribution in [-0.4, -0.2) is 37.6 Å². The van der Waals surface area contributed by atoms with E-state index < -0.39 is 0 Å². The molecule has 0 aromatic heterocycles. The van der Waals surface area contributed by atoms with E-state index in [1.54, 1.807) is 29.2 Å². The van der Waals surface area contributed by atoms with Gasteiger partial charge in [0.05, 0.1) is 23.2 Å². The molecular formula is C20H21ClN2O3. The van der Waals surface area contributed by atoms with Crippen molar-refractivity contribution >= 4 is 29.1 Å². The molecule has 2 amide bonds. The Morgan fingerprint density at radius 2 is 1.92 bits per heavy atom. The van der Waals surface area contributed by atoms with E-state index in [4.69, 9.17) is 16.3 Å². The number of amides is 2. The highest BCUT2D eigenvalue weighted by Crippen LogP contribution is 2.22. The first kappa shape index (κ1) is 18.4. The Kier molecular flexibility index (Phi) is 5.59. The predicted octanol–water partition coefficient (Wildman–Crippen LogP) is 3.12. The average Bonchev–Trinajstić information content (AvgIpc) is 2.60. The van der Waals surface area contributed by atoms with Crippen molar-refractivity contribution in [1.29, 1.82) is 0 Å². The first-order valence-electron chi connectivity index (χ1n) is 8.47. The van der Waals surface area contributed by atoms with Crippen molar-refractivity contribution < 1.29 is 14.3 Å². The third-order valence-corrected chi connectivity index (χ3v) is 4.59. The van der Waals surface area contributed by atoms with Crippen LogP contribution in [0, 0.1) is 13.8 Å². The molecular weight excluding hydrogens is 352 g/mol. The van der Waals surface area contributed by atoms with Crippen molar-refractivity contribution in [2.75, 3.05) is 24.6 Å². The number of nitrogens with zero attached hydrogens (tertiary/aromatic N) is 1. The fourth-order valence-electron chi connectivity index (χ4n) is 3.05. The van der Waals surface area contributed by atoms with E-state index in [0.29, 0.717) is 23.7 Å². The Balaban J connectivity index is 1.66. The molecule has 1 aliphatic rings. The van der Waals surface area contributed by atoms with Crippen molar-refractivity contribution in [3.05, 3.63) is 64.2 Å². The largest absolute Gasteiger partial charge is 0.365 e. The highest BCUT2D eigenvalue weighted by atomic mass is 35.5. The normalized spacial score (nSPS) is 17.3. The molecule has 136 valence electrons. The molecule has 2 aromatic rings. The molecule has 2 aromatic carbocycles. The maximum absolute atomic E-state index is 12.3. The summed E-state index contributed by atoms with van der Waals surface area (Å²) in [6.45, 7) is 4.70. The van der Waals surface area contributed by atoms with E-state index in [1.165, 1.54) is 0 Å². The van der Waals surface area contributed by atoms with Crippen LogP contribution in [0.3, 0.4) is 0 Å². The summed E-state index contributed by atoms with van der Waals surface area (Å²) in [5, 5.41) is 3.24. The first-order valence-corrected chi connectivity index (χ1v) is 8.85. The number of rotatable bonds is 4. The summed E-state index contributed by atoms with van der Waals surface area (Å²) in [6, 6.07) is 12.9. The molecule has 1 heterocycles. The quantitative estimate of drug-likeness (QED) is 0.897. The van der Waals surface area contributed by atoms with Gasteiger partial charge in [0.25, 0.3) is 11.8 Å². The van der Waals surface area contributed by atoms with Crippen LogP contribution in [-0.2, 0) is 9.53 Å². The molecule has 5 nitrogen and oxygen atoms in total. The second-order valence-electron chi connectivity index (χ2n) is 6.47.